The third kappa shape index (κ3) is 2.07. The molecule has 0 saturated carbocycles. The second-order valence-corrected chi connectivity index (χ2v) is 3.68. The van der Waals surface area contributed by atoms with E-state index in [1.54, 1.807) is 6.07 Å². The number of nitrogens with two attached hydrogens (primary N) is 1. The van der Waals surface area contributed by atoms with Crippen molar-refractivity contribution in [3.8, 4) is 0 Å². The van der Waals surface area contributed by atoms with Gasteiger partial charge in [-0.25, -0.2) is 0 Å². The smallest absolute Gasteiger partial charge is 0.152 e. The van der Waals surface area contributed by atoms with Crippen LogP contribution in [0.15, 0.2) is 18.2 Å². The van der Waals surface area contributed by atoms with E-state index in [1.165, 1.54) is 6.92 Å². The lowest BCUT2D eigenvalue weighted by atomic mass is 10.0. The second kappa shape index (κ2) is 4.47. The number of nitrogen functional groups attached to an aromatic ring is 1. The van der Waals surface area contributed by atoms with E-state index < -0.39 is 5.38 Å². The molecule has 0 heterocycles. The summed E-state index contributed by atoms with van der Waals surface area (Å²) < 4.78 is 0. The van der Waals surface area contributed by atoms with Crippen molar-refractivity contribution in [3.63, 3.8) is 0 Å². The Morgan fingerprint density at radius 2 is 2.21 bits per heavy atom. The minimum Gasteiger partial charge on any atom is -0.398 e. The summed E-state index contributed by atoms with van der Waals surface area (Å²) in [5, 5.41) is -0.624. The molecule has 2 N–H and O–H groups in total. The van der Waals surface area contributed by atoms with Crippen LogP contribution in [-0.2, 0) is 11.2 Å². The molecule has 2 nitrogen and oxygen atoms in total. The lowest BCUT2D eigenvalue weighted by Crippen LogP contribution is -2.06. The minimum atomic E-state index is -0.624. The van der Waals surface area contributed by atoms with Gasteiger partial charge in [-0.05, 0) is 18.9 Å². The number of ketones is 1. The summed E-state index contributed by atoms with van der Waals surface area (Å²) in [7, 11) is 0. The molecular weight excluding hydrogens is 198 g/mol. The zero-order valence-electron chi connectivity index (χ0n) is 8.38. The van der Waals surface area contributed by atoms with E-state index in [0.717, 1.165) is 17.5 Å². The van der Waals surface area contributed by atoms with Gasteiger partial charge in [0.25, 0.3) is 0 Å². The number of hydrogen-bond acceptors (Lipinski definition) is 2. The molecule has 0 amide bonds. The van der Waals surface area contributed by atoms with Crippen LogP contribution in [-0.4, -0.2) is 5.78 Å². The molecule has 0 aliphatic carbocycles. The summed E-state index contributed by atoms with van der Waals surface area (Å²) in [6.07, 6.45) is 0.848. The van der Waals surface area contributed by atoms with Crippen molar-refractivity contribution < 1.29 is 4.79 Å². The number of rotatable bonds is 3. The monoisotopic (exact) mass is 211 g/mol. The van der Waals surface area contributed by atoms with Crippen LogP contribution in [0.5, 0.6) is 0 Å². The van der Waals surface area contributed by atoms with E-state index in [9.17, 15) is 4.79 Å². The maximum Gasteiger partial charge on any atom is 0.152 e. The van der Waals surface area contributed by atoms with Crippen LogP contribution in [0.2, 0.25) is 0 Å². The largest absolute Gasteiger partial charge is 0.398 e. The molecule has 1 aromatic rings. The molecule has 0 bridgehead atoms. The van der Waals surface area contributed by atoms with Gasteiger partial charge in [-0.3, -0.25) is 4.79 Å². The Morgan fingerprint density at radius 3 is 2.71 bits per heavy atom. The zero-order valence-corrected chi connectivity index (χ0v) is 9.14. The second-order valence-electron chi connectivity index (χ2n) is 3.25. The number of anilines is 1. The maximum atomic E-state index is 11.1. The number of carbonyl (C=O) groups is 1. The van der Waals surface area contributed by atoms with Crippen LogP contribution in [0, 0.1) is 0 Å². The van der Waals surface area contributed by atoms with Crippen molar-refractivity contribution in [2.45, 2.75) is 25.6 Å². The SMILES string of the molecule is CCc1cccc(C(Cl)C(C)=O)c1N. The van der Waals surface area contributed by atoms with Crippen LogP contribution >= 0.6 is 11.6 Å². The van der Waals surface area contributed by atoms with Gasteiger partial charge in [-0.1, -0.05) is 25.1 Å². The number of Topliss-reactive ketones (excluding diaryl/α,β-unsaturated/α-hetero) is 1. The van der Waals surface area contributed by atoms with E-state index in [0.29, 0.717) is 5.69 Å². The van der Waals surface area contributed by atoms with Gasteiger partial charge in [-0.2, -0.15) is 0 Å². The number of benzene rings is 1. The molecular formula is C11H14ClNO. The highest BCUT2D eigenvalue weighted by molar-refractivity contribution is 6.31. The Morgan fingerprint density at radius 1 is 1.57 bits per heavy atom. The molecule has 0 aliphatic rings. The zero-order chi connectivity index (χ0) is 10.7. The van der Waals surface area contributed by atoms with Crippen molar-refractivity contribution >= 4 is 23.1 Å². The average molecular weight is 212 g/mol. The minimum absolute atomic E-state index is 0.0772. The van der Waals surface area contributed by atoms with E-state index in [1.807, 2.05) is 19.1 Å². The van der Waals surface area contributed by atoms with Crippen molar-refractivity contribution in [2.75, 3.05) is 5.73 Å². The highest BCUT2D eigenvalue weighted by Gasteiger charge is 2.16. The number of carbonyl (C=O) groups excluding carboxylic acids is 1. The molecule has 1 unspecified atom stereocenters. The number of aryl methyl sites for hydroxylation is 1. The van der Waals surface area contributed by atoms with Crippen molar-refractivity contribution in [1.29, 1.82) is 0 Å². The third-order valence-electron chi connectivity index (χ3n) is 2.24. The Balaban J connectivity index is 3.15. The molecule has 3 heteroatoms. The van der Waals surface area contributed by atoms with E-state index in [2.05, 4.69) is 0 Å². The van der Waals surface area contributed by atoms with Gasteiger partial charge in [0.15, 0.2) is 5.78 Å². The van der Waals surface area contributed by atoms with Crippen molar-refractivity contribution in [2.24, 2.45) is 0 Å². The number of para-hydroxylation sites is 1. The first-order valence-electron chi connectivity index (χ1n) is 4.59. The van der Waals surface area contributed by atoms with E-state index in [-0.39, 0.29) is 5.78 Å². The molecule has 1 rings (SSSR count). The van der Waals surface area contributed by atoms with Gasteiger partial charge in [0.1, 0.15) is 5.38 Å². The molecule has 1 aromatic carbocycles. The summed E-state index contributed by atoms with van der Waals surface area (Å²) >= 11 is 5.95. The summed E-state index contributed by atoms with van der Waals surface area (Å²) in [6.45, 7) is 3.49. The summed E-state index contributed by atoms with van der Waals surface area (Å²) in [4.78, 5) is 11.1. The van der Waals surface area contributed by atoms with E-state index in [4.69, 9.17) is 17.3 Å². The lowest BCUT2D eigenvalue weighted by Gasteiger charge is -2.12. The Labute approximate surface area is 89.1 Å². The standard InChI is InChI=1S/C11H14ClNO/c1-3-8-5-4-6-9(11(8)13)10(12)7(2)14/h4-6,10H,3,13H2,1-2H3. The first kappa shape index (κ1) is 11.1. The normalized spacial score (nSPS) is 12.5. The van der Waals surface area contributed by atoms with E-state index >= 15 is 0 Å². The maximum absolute atomic E-state index is 11.1. The Kier molecular flexibility index (Phi) is 3.53. The third-order valence-corrected chi connectivity index (χ3v) is 2.78. The van der Waals surface area contributed by atoms with Crippen LogP contribution in [0.1, 0.15) is 30.4 Å². The molecule has 0 fully saturated rings. The predicted molar refractivity (Wildman–Crippen MR) is 59.5 cm³/mol. The number of alkyl halides is 1. The molecule has 14 heavy (non-hydrogen) atoms. The molecule has 1 atom stereocenters. The highest BCUT2D eigenvalue weighted by Crippen LogP contribution is 2.29. The lowest BCUT2D eigenvalue weighted by molar-refractivity contribution is -0.116. The fourth-order valence-electron chi connectivity index (χ4n) is 1.38. The molecule has 0 spiro atoms. The number of halogens is 1. The molecule has 0 saturated heterocycles. The Bertz CT molecular complexity index is 349. The van der Waals surface area contributed by atoms with Gasteiger partial charge in [0.05, 0.1) is 0 Å². The molecule has 0 aliphatic heterocycles. The van der Waals surface area contributed by atoms with Crippen molar-refractivity contribution in [1.82, 2.24) is 0 Å². The highest BCUT2D eigenvalue weighted by atomic mass is 35.5. The quantitative estimate of drug-likeness (QED) is 0.617. The van der Waals surface area contributed by atoms with Crippen LogP contribution in [0.25, 0.3) is 0 Å². The average Bonchev–Trinajstić information content (AvgIpc) is 2.17. The molecule has 0 aromatic heterocycles. The predicted octanol–water partition coefficient (Wildman–Crippen LogP) is 2.70. The van der Waals surface area contributed by atoms with Crippen LogP contribution in [0.4, 0.5) is 5.69 Å². The van der Waals surface area contributed by atoms with Gasteiger partial charge in [0, 0.05) is 11.3 Å². The van der Waals surface area contributed by atoms with Gasteiger partial charge in [0.2, 0.25) is 0 Å². The fraction of sp³-hybridized carbons (Fsp3) is 0.364. The summed E-state index contributed by atoms with van der Waals surface area (Å²) in [6, 6.07) is 5.62. The van der Waals surface area contributed by atoms with Gasteiger partial charge >= 0.3 is 0 Å². The van der Waals surface area contributed by atoms with Crippen molar-refractivity contribution in [3.05, 3.63) is 29.3 Å². The molecule has 76 valence electrons. The van der Waals surface area contributed by atoms with Crippen LogP contribution in [0.3, 0.4) is 0 Å². The molecule has 0 radical (unpaired) electrons. The summed E-state index contributed by atoms with van der Waals surface area (Å²) in [5.74, 6) is -0.0772. The van der Waals surface area contributed by atoms with Gasteiger partial charge < -0.3 is 5.73 Å². The number of hydrogen-bond donors (Lipinski definition) is 1. The van der Waals surface area contributed by atoms with Gasteiger partial charge in [-0.15, -0.1) is 11.6 Å². The summed E-state index contributed by atoms with van der Waals surface area (Å²) in [5.41, 5.74) is 8.30. The van der Waals surface area contributed by atoms with Crippen LogP contribution < -0.4 is 5.73 Å². The first-order chi connectivity index (χ1) is 6.57. The first-order valence-corrected chi connectivity index (χ1v) is 5.03. The Hall–Kier alpha value is -1.02. The fourth-order valence-corrected chi connectivity index (χ4v) is 1.57. The topological polar surface area (TPSA) is 43.1 Å².